The first-order valence-electron chi connectivity index (χ1n) is 9.02. The van der Waals surface area contributed by atoms with E-state index in [-0.39, 0.29) is 17.7 Å². The third-order valence-electron chi connectivity index (χ3n) is 4.76. The predicted octanol–water partition coefficient (Wildman–Crippen LogP) is 1.78. The number of nitrogens with zero attached hydrogens (tertiary/aromatic N) is 6. The zero-order valence-corrected chi connectivity index (χ0v) is 18.8. The third-order valence-corrected chi connectivity index (χ3v) is 6.14. The van der Waals surface area contributed by atoms with Crippen molar-refractivity contribution in [2.24, 2.45) is 19.1 Å². The van der Waals surface area contributed by atoms with Gasteiger partial charge in [0.15, 0.2) is 16.0 Å². The van der Waals surface area contributed by atoms with Crippen LogP contribution >= 0.6 is 34.5 Å². The molecular weight excluding hydrogens is 463 g/mol. The molecule has 0 N–H and O–H groups in total. The minimum absolute atomic E-state index is 0.167. The van der Waals surface area contributed by atoms with E-state index in [9.17, 15) is 14.4 Å². The Morgan fingerprint density at radius 3 is 2.68 bits per heavy atom. The number of benzene rings is 1. The van der Waals surface area contributed by atoms with Gasteiger partial charge in [0.05, 0.1) is 12.9 Å². The van der Waals surface area contributed by atoms with E-state index in [1.54, 1.807) is 22.9 Å². The van der Waals surface area contributed by atoms with Crippen LogP contribution in [0, 0.1) is 0 Å². The summed E-state index contributed by atoms with van der Waals surface area (Å²) in [4.78, 5) is 46.0. The lowest BCUT2D eigenvalue weighted by atomic mass is 10.2. The predicted molar refractivity (Wildman–Crippen MR) is 119 cm³/mol. The molecule has 0 spiro atoms. The summed E-state index contributed by atoms with van der Waals surface area (Å²) in [5.41, 5.74) is 0.208. The molecule has 9 nitrogen and oxygen atoms in total. The summed E-state index contributed by atoms with van der Waals surface area (Å²) < 4.78 is 5.44. The smallest absolute Gasteiger partial charge is 0.319 e. The van der Waals surface area contributed by atoms with Crippen LogP contribution in [-0.2, 0) is 32.0 Å². The van der Waals surface area contributed by atoms with Gasteiger partial charge in [0, 0.05) is 35.7 Å². The highest BCUT2D eigenvalue weighted by atomic mass is 35.5. The molecule has 0 fully saturated rings. The van der Waals surface area contributed by atoms with Gasteiger partial charge in [-0.05, 0) is 17.7 Å². The van der Waals surface area contributed by atoms with Crippen molar-refractivity contribution in [3.05, 3.63) is 77.4 Å². The van der Waals surface area contributed by atoms with E-state index in [1.165, 1.54) is 40.9 Å². The number of carbonyl (C=O) groups is 1. The number of imidazole rings is 1. The van der Waals surface area contributed by atoms with Crippen LogP contribution in [0.25, 0.3) is 11.2 Å². The molecule has 31 heavy (non-hydrogen) atoms. The lowest BCUT2D eigenvalue weighted by Crippen LogP contribution is -2.37. The highest BCUT2D eigenvalue weighted by Crippen LogP contribution is 2.21. The maximum absolute atomic E-state index is 12.6. The van der Waals surface area contributed by atoms with E-state index in [0.29, 0.717) is 21.4 Å². The molecule has 160 valence electrons. The molecule has 3 heterocycles. The minimum Gasteiger partial charge on any atom is -0.319 e. The maximum atomic E-state index is 12.6. The number of fused-ring (bicyclic) bond motifs is 1. The molecule has 12 heteroatoms. The second-order valence-electron chi connectivity index (χ2n) is 6.81. The van der Waals surface area contributed by atoms with E-state index in [4.69, 9.17) is 23.2 Å². The molecule has 0 atom stereocenters. The Morgan fingerprint density at radius 1 is 1.16 bits per heavy atom. The number of hydrogen-bond acceptors (Lipinski definition) is 5. The van der Waals surface area contributed by atoms with Crippen molar-refractivity contribution in [1.29, 1.82) is 0 Å². The summed E-state index contributed by atoms with van der Waals surface area (Å²) in [5, 5.41) is 2.88. The molecule has 0 saturated heterocycles. The van der Waals surface area contributed by atoms with Crippen molar-refractivity contribution in [1.82, 2.24) is 23.3 Å². The fraction of sp³-hybridized carbons (Fsp3) is 0.211. The summed E-state index contributed by atoms with van der Waals surface area (Å²) in [7, 11) is 2.90. The summed E-state index contributed by atoms with van der Waals surface area (Å²) >= 11 is 13.5. The zero-order chi connectivity index (χ0) is 22.3. The Bertz CT molecular complexity index is 1510. The van der Waals surface area contributed by atoms with Crippen LogP contribution in [0.2, 0.25) is 10.0 Å². The molecule has 0 bridgehead atoms. The topological polar surface area (TPSA) is 96.2 Å². The van der Waals surface area contributed by atoms with Gasteiger partial charge in [-0.1, -0.05) is 29.3 Å². The molecule has 0 aliphatic rings. The standard InChI is InChI=1S/C19H16Cl2N6O3S/c1-24-16-15(17(29)25(2)19(24)30)27(10-22-16)9-14(28)23-18-26(5-6-31-18)8-11-3-4-12(20)7-13(11)21/h3-7,10H,8-9H2,1-2H3. The number of aryl methyl sites for hydroxylation is 1. The summed E-state index contributed by atoms with van der Waals surface area (Å²) in [6, 6.07) is 5.22. The van der Waals surface area contributed by atoms with Crippen LogP contribution in [0.5, 0.6) is 0 Å². The Hall–Kier alpha value is -2.95. The third kappa shape index (κ3) is 4.01. The second kappa shape index (κ2) is 8.29. The molecular formula is C19H16Cl2N6O3S. The molecule has 1 aromatic carbocycles. The van der Waals surface area contributed by atoms with Crippen LogP contribution in [-0.4, -0.2) is 29.2 Å². The lowest BCUT2D eigenvalue weighted by molar-refractivity contribution is -0.118. The van der Waals surface area contributed by atoms with Crippen molar-refractivity contribution in [2.45, 2.75) is 13.1 Å². The van der Waals surface area contributed by atoms with Gasteiger partial charge in [0.1, 0.15) is 6.54 Å². The van der Waals surface area contributed by atoms with Crippen LogP contribution in [0.15, 0.2) is 50.7 Å². The van der Waals surface area contributed by atoms with Crippen molar-refractivity contribution in [3.8, 4) is 0 Å². The fourth-order valence-corrected chi connectivity index (χ4v) is 4.36. The molecule has 3 aromatic heterocycles. The van der Waals surface area contributed by atoms with Gasteiger partial charge in [0.2, 0.25) is 0 Å². The quantitative estimate of drug-likeness (QED) is 0.446. The Kier molecular flexibility index (Phi) is 5.69. The largest absolute Gasteiger partial charge is 0.332 e. The Morgan fingerprint density at radius 2 is 1.94 bits per heavy atom. The zero-order valence-electron chi connectivity index (χ0n) is 16.5. The Labute approximate surface area is 189 Å². The van der Waals surface area contributed by atoms with Crippen LogP contribution in [0.1, 0.15) is 5.56 Å². The number of hydrogen-bond donors (Lipinski definition) is 0. The summed E-state index contributed by atoms with van der Waals surface area (Å²) in [5.74, 6) is -0.464. The fourth-order valence-electron chi connectivity index (χ4n) is 3.15. The van der Waals surface area contributed by atoms with Gasteiger partial charge in [-0.15, -0.1) is 11.3 Å². The number of amides is 1. The van der Waals surface area contributed by atoms with Gasteiger partial charge in [-0.3, -0.25) is 18.7 Å². The molecule has 1 amide bonds. The van der Waals surface area contributed by atoms with E-state index in [2.05, 4.69) is 9.98 Å². The van der Waals surface area contributed by atoms with Crippen molar-refractivity contribution >= 4 is 51.6 Å². The number of thiazole rings is 1. The first kappa shape index (κ1) is 21.3. The molecule has 0 unspecified atom stereocenters. The van der Waals surface area contributed by atoms with Gasteiger partial charge < -0.3 is 9.13 Å². The average molecular weight is 479 g/mol. The first-order chi connectivity index (χ1) is 14.8. The molecule has 0 aliphatic carbocycles. The summed E-state index contributed by atoms with van der Waals surface area (Å²) in [6.45, 7) is 0.228. The van der Waals surface area contributed by atoms with Crippen LogP contribution in [0.3, 0.4) is 0 Å². The summed E-state index contributed by atoms with van der Waals surface area (Å²) in [6.07, 6.45) is 3.16. The van der Waals surface area contributed by atoms with E-state index < -0.39 is 17.2 Å². The lowest BCUT2D eigenvalue weighted by Gasteiger charge is -2.06. The van der Waals surface area contributed by atoms with Crippen molar-refractivity contribution in [2.75, 3.05) is 0 Å². The van der Waals surface area contributed by atoms with Gasteiger partial charge in [-0.25, -0.2) is 9.78 Å². The van der Waals surface area contributed by atoms with Gasteiger partial charge in [0.25, 0.3) is 11.5 Å². The van der Waals surface area contributed by atoms with Crippen molar-refractivity contribution < 1.29 is 4.79 Å². The monoisotopic (exact) mass is 478 g/mol. The molecule has 0 saturated carbocycles. The number of carbonyl (C=O) groups excluding carboxylic acids is 1. The number of rotatable bonds is 4. The first-order valence-corrected chi connectivity index (χ1v) is 10.7. The van der Waals surface area contributed by atoms with Crippen LogP contribution in [0.4, 0.5) is 0 Å². The number of halogens is 2. The van der Waals surface area contributed by atoms with Gasteiger partial charge >= 0.3 is 5.69 Å². The SMILES string of the molecule is Cn1c(=O)c2c(ncn2CC(=O)N=c2sccn2Cc2ccc(Cl)cc2Cl)n(C)c1=O. The second-order valence-corrected chi connectivity index (χ2v) is 8.52. The molecule has 0 radical (unpaired) electrons. The highest BCUT2D eigenvalue weighted by Gasteiger charge is 2.16. The van der Waals surface area contributed by atoms with Crippen LogP contribution < -0.4 is 16.1 Å². The number of aromatic nitrogens is 5. The van der Waals surface area contributed by atoms with E-state index in [1.807, 2.05) is 11.4 Å². The normalized spacial score (nSPS) is 12.1. The Balaban J connectivity index is 1.65. The maximum Gasteiger partial charge on any atom is 0.332 e. The molecule has 4 aromatic rings. The molecule has 4 rings (SSSR count). The highest BCUT2D eigenvalue weighted by molar-refractivity contribution is 7.07. The van der Waals surface area contributed by atoms with Crippen molar-refractivity contribution in [3.63, 3.8) is 0 Å². The average Bonchev–Trinajstić information content (AvgIpc) is 3.34. The van der Waals surface area contributed by atoms with E-state index >= 15 is 0 Å². The van der Waals surface area contributed by atoms with E-state index in [0.717, 1.165) is 10.1 Å². The molecule has 0 aliphatic heterocycles. The van der Waals surface area contributed by atoms with Gasteiger partial charge in [-0.2, -0.15) is 4.99 Å². The minimum atomic E-state index is -0.521.